The van der Waals surface area contributed by atoms with Gasteiger partial charge in [0.1, 0.15) is 0 Å². The van der Waals surface area contributed by atoms with Crippen LogP contribution in [0, 0.1) is 0 Å². The Hall–Kier alpha value is -0.410. The maximum Gasteiger partial charge on any atom is 0.0703 e. The Morgan fingerprint density at radius 3 is 3.07 bits per heavy atom. The summed E-state index contributed by atoms with van der Waals surface area (Å²) in [6.07, 6.45) is 6.82. The van der Waals surface area contributed by atoms with Crippen molar-refractivity contribution in [2.75, 3.05) is 6.61 Å². The van der Waals surface area contributed by atoms with Crippen LogP contribution in [0.1, 0.15) is 25.0 Å². The molecule has 2 heterocycles. The van der Waals surface area contributed by atoms with Gasteiger partial charge in [-0.05, 0) is 31.4 Å². The van der Waals surface area contributed by atoms with E-state index in [9.17, 15) is 0 Å². The molecule has 1 aliphatic rings. The van der Waals surface area contributed by atoms with Crippen molar-refractivity contribution in [2.45, 2.75) is 36.6 Å². The highest BCUT2D eigenvalue weighted by molar-refractivity contribution is 9.09. The Kier molecular flexibility index (Phi) is 4.15. The van der Waals surface area contributed by atoms with Crippen molar-refractivity contribution in [1.82, 2.24) is 4.98 Å². The molecule has 1 aliphatic heterocycles. The smallest absolute Gasteiger partial charge is 0.0703 e. The molecule has 1 aromatic rings. The van der Waals surface area contributed by atoms with E-state index in [2.05, 4.69) is 27.0 Å². The Morgan fingerprint density at radius 1 is 1.47 bits per heavy atom. The predicted molar refractivity (Wildman–Crippen MR) is 64.2 cm³/mol. The third kappa shape index (κ3) is 3.28. The van der Waals surface area contributed by atoms with Crippen LogP contribution < -0.4 is 0 Å². The van der Waals surface area contributed by atoms with Gasteiger partial charge in [-0.15, -0.1) is 0 Å². The molecule has 0 aliphatic carbocycles. The van der Waals surface area contributed by atoms with E-state index in [0.717, 1.165) is 18.7 Å². The fourth-order valence-corrected chi connectivity index (χ4v) is 2.65. The van der Waals surface area contributed by atoms with Gasteiger partial charge in [0, 0.05) is 29.7 Å². The molecule has 1 fully saturated rings. The zero-order chi connectivity index (χ0) is 10.5. The first kappa shape index (κ1) is 11.1. The summed E-state index contributed by atoms with van der Waals surface area (Å²) in [5.41, 5.74) is 1.13. The number of alkyl halides is 1. The number of nitrogens with zero attached hydrogens (tertiary/aromatic N) is 1. The number of rotatable bonds is 3. The molecule has 82 valence electrons. The van der Waals surface area contributed by atoms with Crippen molar-refractivity contribution < 1.29 is 4.74 Å². The first-order valence-corrected chi connectivity index (χ1v) is 6.43. The summed E-state index contributed by atoms with van der Waals surface area (Å²) in [5.74, 6) is 0. The van der Waals surface area contributed by atoms with Gasteiger partial charge in [0.2, 0.25) is 0 Å². The van der Waals surface area contributed by atoms with E-state index >= 15 is 0 Å². The fourth-order valence-electron chi connectivity index (χ4n) is 1.90. The van der Waals surface area contributed by atoms with Gasteiger partial charge in [0.15, 0.2) is 0 Å². The number of aromatic nitrogens is 1. The van der Waals surface area contributed by atoms with Crippen LogP contribution in [0.2, 0.25) is 0 Å². The standard InChI is InChI=1S/C12H16BrNO/c13-11(12-6-2-4-8-15-12)9-10-5-1-3-7-14-10/h1,3,5,7,11-12H,2,4,6,8-9H2. The predicted octanol–water partition coefficient (Wildman–Crippen LogP) is 2.96. The van der Waals surface area contributed by atoms with Gasteiger partial charge in [-0.25, -0.2) is 0 Å². The second kappa shape index (κ2) is 5.61. The quantitative estimate of drug-likeness (QED) is 0.788. The van der Waals surface area contributed by atoms with Crippen LogP contribution in [0.3, 0.4) is 0 Å². The van der Waals surface area contributed by atoms with Gasteiger partial charge in [-0.3, -0.25) is 4.98 Å². The van der Waals surface area contributed by atoms with Crippen LogP contribution in [0.4, 0.5) is 0 Å². The van der Waals surface area contributed by atoms with Crippen LogP contribution in [-0.2, 0) is 11.2 Å². The SMILES string of the molecule is BrC(Cc1ccccn1)C1CCCCO1. The third-order valence-corrected chi connectivity index (χ3v) is 3.66. The molecule has 1 aromatic heterocycles. The average molecular weight is 270 g/mol. The maximum atomic E-state index is 5.74. The first-order chi connectivity index (χ1) is 7.36. The monoisotopic (exact) mass is 269 g/mol. The molecule has 2 rings (SSSR count). The Balaban J connectivity index is 1.88. The molecule has 2 nitrogen and oxygen atoms in total. The van der Waals surface area contributed by atoms with Crippen LogP contribution in [0.25, 0.3) is 0 Å². The van der Waals surface area contributed by atoms with E-state index < -0.39 is 0 Å². The van der Waals surface area contributed by atoms with Crippen LogP contribution in [0.5, 0.6) is 0 Å². The van der Waals surface area contributed by atoms with Crippen molar-refractivity contribution in [3.05, 3.63) is 30.1 Å². The highest BCUT2D eigenvalue weighted by Crippen LogP contribution is 2.22. The number of pyridine rings is 1. The van der Waals surface area contributed by atoms with Crippen molar-refractivity contribution in [1.29, 1.82) is 0 Å². The van der Waals surface area contributed by atoms with Crippen LogP contribution in [-0.4, -0.2) is 22.5 Å². The zero-order valence-electron chi connectivity index (χ0n) is 8.73. The summed E-state index contributed by atoms with van der Waals surface area (Å²) in [6, 6.07) is 6.05. The number of halogens is 1. The van der Waals surface area contributed by atoms with Crippen molar-refractivity contribution in [3.8, 4) is 0 Å². The molecule has 3 heteroatoms. The molecule has 2 unspecified atom stereocenters. The molecule has 0 spiro atoms. The Morgan fingerprint density at radius 2 is 2.40 bits per heavy atom. The summed E-state index contributed by atoms with van der Waals surface area (Å²) >= 11 is 3.71. The molecular weight excluding hydrogens is 254 g/mol. The molecule has 0 radical (unpaired) electrons. The number of hydrogen-bond acceptors (Lipinski definition) is 2. The topological polar surface area (TPSA) is 22.1 Å². The van der Waals surface area contributed by atoms with Gasteiger partial charge in [-0.1, -0.05) is 22.0 Å². The van der Waals surface area contributed by atoms with E-state index in [-0.39, 0.29) is 0 Å². The second-order valence-corrected chi connectivity index (χ2v) is 5.12. The lowest BCUT2D eigenvalue weighted by atomic mass is 10.0. The lowest BCUT2D eigenvalue weighted by molar-refractivity contribution is 0.0163. The Bertz CT molecular complexity index is 285. The van der Waals surface area contributed by atoms with Crippen LogP contribution in [0.15, 0.2) is 24.4 Å². The molecule has 0 saturated carbocycles. The molecule has 0 N–H and O–H groups in total. The minimum atomic E-state index is 0.362. The minimum absolute atomic E-state index is 0.362. The van der Waals surface area contributed by atoms with E-state index in [4.69, 9.17) is 4.74 Å². The summed E-state index contributed by atoms with van der Waals surface area (Å²) < 4.78 is 5.74. The lowest BCUT2D eigenvalue weighted by Crippen LogP contribution is -2.29. The second-order valence-electron chi connectivity index (χ2n) is 3.95. The van der Waals surface area contributed by atoms with Gasteiger partial charge in [0.25, 0.3) is 0 Å². The maximum absolute atomic E-state index is 5.74. The largest absolute Gasteiger partial charge is 0.377 e. The van der Waals surface area contributed by atoms with Crippen molar-refractivity contribution in [2.24, 2.45) is 0 Å². The highest BCUT2D eigenvalue weighted by atomic mass is 79.9. The molecule has 2 atom stereocenters. The average Bonchev–Trinajstić information content (AvgIpc) is 2.31. The minimum Gasteiger partial charge on any atom is -0.377 e. The lowest BCUT2D eigenvalue weighted by Gasteiger charge is -2.26. The highest BCUT2D eigenvalue weighted by Gasteiger charge is 2.22. The summed E-state index contributed by atoms with van der Waals surface area (Å²) in [6.45, 7) is 0.912. The molecule has 15 heavy (non-hydrogen) atoms. The van der Waals surface area contributed by atoms with Gasteiger partial charge in [-0.2, -0.15) is 0 Å². The van der Waals surface area contributed by atoms with Crippen molar-refractivity contribution >= 4 is 15.9 Å². The van der Waals surface area contributed by atoms with E-state index in [0.29, 0.717) is 10.9 Å². The van der Waals surface area contributed by atoms with E-state index in [1.54, 1.807) is 0 Å². The fraction of sp³-hybridized carbons (Fsp3) is 0.583. The van der Waals surface area contributed by atoms with Gasteiger partial charge in [0.05, 0.1) is 6.10 Å². The van der Waals surface area contributed by atoms with Gasteiger partial charge >= 0.3 is 0 Å². The van der Waals surface area contributed by atoms with Crippen LogP contribution >= 0.6 is 15.9 Å². The van der Waals surface area contributed by atoms with Gasteiger partial charge < -0.3 is 4.74 Å². The normalized spacial score (nSPS) is 23.7. The summed E-state index contributed by atoms with van der Waals surface area (Å²) in [4.78, 5) is 4.72. The summed E-state index contributed by atoms with van der Waals surface area (Å²) in [5, 5.41) is 0. The number of ether oxygens (including phenoxy) is 1. The zero-order valence-corrected chi connectivity index (χ0v) is 10.3. The Labute approximate surface area is 99.2 Å². The molecule has 0 bridgehead atoms. The molecule has 1 saturated heterocycles. The first-order valence-electron chi connectivity index (χ1n) is 5.52. The molecule has 0 amide bonds. The number of hydrogen-bond donors (Lipinski definition) is 0. The molecule has 0 aromatic carbocycles. The van der Waals surface area contributed by atoms with E-state index in [1.807, 2.05) is 18.3 Å². The van der Waals surface area contributed by atoms with Crippen molar-refractivity contribution in [3.63, 3.8) is 0 Å². The molecular formula is C12H16BrNO. The summed E-state index contributed by atoms with van der Waals surface area (Å²) in [7, 11) is 0. The third-order valence-electron chi connectivity index (χ3n) is 2.75. The van der Waals surface area contributed by atoms with E-state index in [1.165, 1.54) is 19.3 Å².